The molecule has 1 aromatic rings. The Labute approximate surface area is 108 Å². The second-order valence-corrected chi connectivity index (χ2v) is 5.10. The van der Waals surface area contributed by atoms with Gasteiger partial charge >= 0.3 is 0 Å². The van der Waals surface area contributed by atoms with Gasteiger partial charge in [-0.2, -0.15) is 0 Å². The zero-order valence-electron chi connectivity index (χ0n) is 11.4. The Kier molecular flexibility index (Phi) is 4.01. The molecule has 1 fully saturated rings. The fourth-order valence-electron chi connectivity index (χ4n) is 2.58. The lowest BCUT2D eigenvalue weighted by Gasteiger charge is -2.25. The first-order valence-electron chi connectivity index (χ1n) is 6.63. The Morgan fingerprint density at radius 3 is 3.00 bits per heavy atom. The number of hydrogen-bond donors (Lipinski definition) is 1. The average Bonchev–Trinajstić information content (AvgIpc) is 2.77. The summed E-state index contributed by atoms with van der Waals surface area (Å²) in [7, 11) is 1.95. The van der Waals surface area contributed by atoms with Crippen LogP contribution in [0.1, 0.15) is 32.7 Å². The Morgan fingerprint density at radius 2 is 2.33 bits per heavy atom. The van der Waals surface area contributed by atoms with Crippen LogP contribution in [0.5, 0.6) is 0 Å². The molecule has 1 aromatic heterocycles. The van der Waals surface area contributed by atoms with E-state index in [2.05, 4.69) is 15.2 Å². The van der Waals surface area contributed by atoms with Crippen molar-refractivity contribution in [2.45, 2.75) is 38.8 Å². The van der Waals surface area contributed by atoms with E-state index in [1.807, 2.05) is 20.9 Å². The van der Waals surface area contributed by atoms with Crippen molar-refractivity contribution in [3.63, 3.8) is 0 Å². The van der Waals surface area contributed by atoms with Crippen LogP contribution in [0.2, 0.25) is 0 Å². The van der Waals surface area contributed by atoms with E-state index in [1.165, 1.54) is 0 Å². The van der Waals surface area contributed by atoms with Gasteiger partial charge in [-0.3, -0.25) is 4.79 Å². The maximum Gasteiger partial charge on any atom is 0.293 e. The third kappa shape index (κ3) is 2.41. The molecule has 1 aliphatic rings. The number of nitrogens with zero attached hydrogens (tertiary/aromatic N) is 3. The molecule has 0 saturated carbocycles. The molecule has 1 saturated heterocycles. The van der Waals surface area contributed by atoms with E-state index in [0.29, 0.717) is 11.9 Å². The number of likely N-dealkylation sites (N-methyl/N-ethyl adjacent to an activating group) is 1. The summed E-state index contributed by atoms with van der Waals surface area (Å²) in [6.45, 7) is 5.86. The first kappa shape index (κ1) is 13.1. The van der Waals surface area contributed by atoms with E-state index < -0.39 is 0 Å². The molecule has 0 radical (unpaired) electrons. The molecule has 1 unspecified atom stereocenters. The predicted octanol–water partition coefficient (Wildman–Crippen LogP) is 1.01. The van der Waals surface area contributed by atoms with Gasteiger partial charge in [0.05, 0.1) is 0 Å². The first-order chi connectivity index (χ1) is 8.65. The van der Waals surface area contributed by atoms with Crippen LogP contribution in [0.3, 0.4) is 0 Å². The topological polar surface area (TPSA) is 50.2 Å². The standard InChI is InChI=1S/C13H22N4O/c1-10(2)16-8-6-15-12(13(16)18)17-7-4-5-11(17)9-14-3/h6,8,10-11,14H,4-5,7,9H2,1-3H3. The van der Waals surface area contributed by atoms with Crippen LogP contribution in [-0.2, 0) is 0 Å². The quantitative estimate of drug-likeness (QED) is 0.866. The van der Waals surface area contributed by atoms with Crippen LogP contribution in [-0.4, -0.2) is 35.7 Å². The molecule has 2 rings (SSSR count). The molecule has 0 bridgehead atoms. The average molecular weight is 250 g/mol. The zero-order valence-corrected chi connectivity index (χ0v) is 11.4. The molecule has 0 aromatic carbocycles. The molecule has 1 N–H and O–H groups in total. The molecule has 5 nitrogen and oxygen atoms in total. The summed E-state index contributed by atoms with van der Waals surface area (Å²) in [5.41, 5.74) is 0.0236. The molecule has 1 atom stereocenters. The van der Waals surface area contributed by atoms with Crippen molar-refractivity contribution in [3.05, 3.63) is 22.7 Å². The maximum absolute atomic E-state index is 12.4. The molecule has 0 spiro atoms. The summed E-state index contributed by atoms with van der Waals surface area (Å²) in [6, 6.07) is 0.558. The van der Waals surface area contributed by atoms with Crippen LogP contribution in [0.15, 0.2) is 17.2 Å². The largest absolute Gasteiger partial charge is 0.348 e. The highest BCUT2D eigenvalue weighted by Gasteiger charge is 2.27. The molecule has 1 aliphatic heterocycles. The van der Waals surface area contributed by atoms with Crippen molar-refractivity contribution in [1.29, 1.82) is 0 Å². The van der Waals surface area contributed by atoms with Gasteiger partial charge in [-0.25, -0.2) is 4.98 Å². The van der Waals surface area contributed by atoms with Gasteiger partial charge in [0.15, 0.2) is 5.82 Å². The molecular weight excluding hydrogens is 228 g/mol. The summed E-state index contributed by atoms with van der Waals surface area (Å²) in [6.07, 6.45) is 5.74. The Balaban J connectivity index is 2.33. The molecule has 0 aliphatic carbocycles. The van der Waals surface area contributed by atoms with E-state index >= 15 is 0 Å². The number of hydrogen-bond acceptors (Lipinski definition) is 4. The minimum absolute atomic E-state index is 0.0236. The summed E-state index contributed by atoms with van der Waals surface area (Å²) in [5.74, 6) is 0.601. The third-order valence-corrected chi connectivity index (χ3v) is 3.50. The minimum atomic E-state index is 0.0236. The van der Waals surface area contributed by atoms with Crippen molar-refractivity contribution >= 4 is 5.82 Å². The monoisotopic (exact) mass is 250 g/mol. The zero-order chi connectivity index (χ0) is 13.1. The van der Waals surface area contributed by atoms with Crippen molar-refractivity contribution in [1.82, 2.24) is 14.9 Å². The van der Waals surface area contributed by atoms with Gasteiger partial charge in [-0.15, -0.1) is 0 Å². The molecule has 18 heavy (non-hydrogen) atoms. The Morgan fingerprint density at radius 1 is 1.56 bits per heavy atom. The number of rotatable bonds is 4. The summed E-state index contributed by atoms with van der Waals surface area (Å²) >= 11 is 0. The van der Waals surface area contributed by atoms with Crippen molar-refractivity contribution in [2.75, 3.05) is 25.0 Å². The van der Waals surface area contributed by atoms with Gasteiger partial charge in [-0.05, 0) is 33.7 Å². The van der Waals surface area contributed by atoms with Gasteiger partial charge in [0.25, 0.3) is 5.56 Å². The van der Waals surface area contributed by atoms with Crippen LogP contribution >= 0.6 is 0 Å². The van der Waals surface area contributed by atoms with Gasteiger partial charge in [0.2, 0.25) is 0 Å². The lowest BCUT2D eigenvalue weighted by atomic mass is 10.2. The second kappa shape index (κ2) is 5.52. The second-order valence-electron chi connectivity index (χ2n) is 5.10. The predicted molar refractivity (Wildman–Crippen MR) is 73.2 cm³/mol. The van der Waals surface area contributed by atoms with Gasteiger partial charge in [-0.1, -0.05) is 0 Å². The Bertz CT molecular complexity index is 455. The highest BCUT2D eigenvalue weighted by atomic mass is 16.1. The highest BCUT2D eigenvalue weighted by molar-refractivity contribution is 5.39. The first-order valence-corrected chi connectivity index (χ1v) is 6.63. The van der Waals surface area contributed by atoms with Crippen molar-refractivity contribution < 1.29 is 0 Å². The molecule has 5 heteroatoms. The number of aromatic nitrogens is 2. The van der Waals surface area contributed by atoms with Crippen LogP contribution in [0.25, 0.3) is 0 Å². The van der Waals surface area contributed by atoms with Crippen LogP contribution in [0.4, 0.5) is 5.82 Å². The van der Waals surface area contributed by atoms with E-state index in [9.17, 15) is 4.79 Å². The summed E-state index contributed by atoms with van der Waals surface area (Å²) in [4.78, 5) is 18.8. The molecule has 100 valence electrons. The number of nitrogens with one attached hydrogen (secondary N) is 1. The van der Waals surface area contributed by atoms with E-state index in [0.717, 1.165) is 25.9 Å². The van der Waals surface area contributed by atoms with E-state index in [-0.39, 0.29) is 11.6 Å². The minimum Gasteiger partial charge on any atom is -0.348 e. The van der Waals surface area contributed by atoms with Gasteiger partial charge in [0.1, 0.15) is 0 Å². The van der Waals surface area contributed by atoms with Crippen LogP contribution < -0.4 is 15.8 Å². The lowest BCUT2D eigenvalue weighted by molar-refractivity contribution is 0.563. The molecular formula is C13H22N4O. The fraction of sp³-hybridized carbons (Fsp3) is 0.692. The van der Waals surface area contributed by atoms with Crippen molar-refractivity contribution in [2.24, 2.45) is 0 Å². The number of anilines is 1. The molecule has 0 amide bonds. The Hall–Kier alpha value is -1.36. The van der Waals surface area contributed by atoms with E-state index in [4.69, 9.17) is 0 Å². The summed E-state index contributed by atoms with van der Waals surface area (Å²) in [5, 5.41) is 3.19. The SMILES string of the molecule is CNCC1CCCN1c1nccn(C(C)C)c1=O. The maximum atomic E-state index is 12.4. The fourth-order valence-corrected chi connectivity index (χ4v) is 2.58. The highest BCUT2D eigenvalue weighted by Crippen LogP contribution is 2.20. The van der Waals surface area contributed by atoms with E-state index in [1.54, 1.807) is 17.0 Å². The summed E-state index contributed by atoms with van der Waals surface area (Å²) < 4.78 is 1.75. The smallest absolute Gasteiger partial charge is 0.293 e. The van der Waals surface area contributed by atoms with Crippen molar-refractivity contribution in [3.8, 4) is 0 Å². The van der Waals surface area contributed by atoms with Gasteiger partial charge < -0.3 is 14.8 Å². The normalized spacial score (nSPS) is 19.8. The molecule has 2 heterocycles. The van der Waals surface area contributed by atoms with Crippen LogP contribution in [0, 0.1) is 0 Å². The third-order valence-electron chi connectivity index (χ3n) is 3.50. The van der Waals surface area contributed by atoms with Gasteiger partial charge in [0, 0.05) is 37.6 Å². The lowest BCUT2D eigenvalue weighted by Crippen LogP contribution is -2.41.